The minimum Gasteiger partial charge on any atom is -0.458 e. The van der Waals surface area contributed by atoms with Crippen LogP contribution in [-0.2, 0) is 11.3 Å². The quantitative estimate of drug-likeness (QED) is 0.836. The van der Waals surface area contributed by atoms with E-state index < -0.39 is 0 Å². The predicted molar refractivity (Wildman–Crippen MR) is 69.1 cm³/mol. The minimum absolute atomic E-state index is 0.0208. The van der Waals surface area contributed by atoms with Crippen LogP contribution in [0, 0.1) is 5.92 Å². The van der Waals surface area contributed by atoms with E-state index in [2.05, 4.69) is 12.0 Å². The molecule has 100 valence electrons. The Morgan fingerprint density at radius 2 is 2.39 bits per heavy atom. The predicted octanol–water partition coefficient (Wildman–Crippen LogP) is 2.22. The third-order valence-corrected chi connectivity index (χ3v) is 3.47. The number of carbonyl (C=O) groups excluding carboxylic acids is 1. The Bertz CT molecular complexity index is 428. The van der Waals surface area contributed by atoms with E-state index >= 15 is 0 Å². The molecule has 1 aromatic rings. The number of esters is 1. The number of ether oxygens (including phenoxy) is 1. The van der Waals surface area contributed by atoms with Gasteiger partial charge in [0.25, 0.3) is 0 Å². The van der Waals surface area contributed by atoms with Crippen LogP contribution in [0.25, 0.3) is 0 Å². The first kappa shape index (κ1) is 12.9. The number of anilines is 1. The molecule has 1 saturated carbocycles. The molecule has 0 aliphatic heterocycles. The number of aromatic nitrogens is 2. The molecule has 1 aromatic heterocycles. The van der Waals surface area contributed by atoms with Gasteiger partial charge in [-0.15, -0.1) is 0 Å². The summed E-state index contributed by atoms with van der Waals surface area (Å²) in [5.74, 6) is 0.237. The van der Waals surface area contributed by atoms with E-state index in [1.165, 1.54) is 6.42 Å². The third-order valence-electron chi connectivity index (χ3n) is 3.47. The van der Waals surface area contributed by atoms with Gasteiger partial charge < -0.3 is 10.5 Å². The molecule has 0 bridgehead atoms. The number of nitrogens with two attached hydrogens (primary N) is 1. The van der Waals surface area contributed by atoms with Gasteiger partial charge in [-0.1, -0.05) is 13.3 Å². The van der Waals surface area contributed by atoms with Crippen molar-refractivity contribution in [2.45, 2.75) is 52.2 Å². The van der Waals surface area contributed by atoms with E-state index in [1.807, 2.05) is 6.92 Å². The summed E-state index contributed by atoms with van der Waals surface area (Å²) in [4.78, 5) is 12.0. The lowest BCUT2D eigenvalue weighted by Gasteiger charge is -2.26. The number of hydrogen-bond donors (Lipinski definition) is 1. The van der Waals surface area contributed by atoms with Gasteiger partial charge in [-0.3, -0.25) is 4.68 Å². The number of hydrogen-bond acceptors (Lipinski definition) is 4. The first-order valence-electron chi connectivity index (χ1n) is 6.64. The zero-order valence-corrected chi connectivity index (χ0v) is 11.1. The highest BCUT2D eigenvalue weighted by atomic mass is 16.5. The lowest BCUT2D eigenvalue weighted by atomic mass is 9.89. The molecule has 1 aliphatic rings. The summed E-state index contributed by atoms with van der Waals surface area (Å²) in [6.45, 7) is 4.84. The first-order chi connectivity index (χ1) is 8.60. The van der Waals surface area contributed by atoms with Crippen LogP contribution in [0.1, 0.15) is 50.0 Å². The van der Waals surface area contributed by atoms with Crippen LogP contribution in [0.15, 0.2) is 6.20 Å². The van der Waals surface area contributed by atoms with E-state index in [1.54, 1.807) is 10.9 Å². The molecule has 0 aromatic carbocycles. The SMILES string of the molecule is CCn1cc(N)c(C(=O)OC2CCCC(C)C2)n1. The average molecular weight is 251 g/mol. The Labute approximate surface area is 107 Å². The standard InChI is InChI=1S/C13H21N3O2/c1-3-16-8-11(14)12(15-16)13(17)18-10-6-4-5-9(2)7-10/h8-10H,3-7,14H2,1-2H3. The Morgan fingerprint density at radius 3 is 3.00 bits per heavy atom. The topological polar surface area (TPSA) is 70.1 Å². The van der Waals surface area contributed by atoms with Crippen molar-refractivity contribution >= 4 is 11.7 Å². The first-order valence-corrected chi connectivity index (χ1v) is 6.64. The normalized spacial score (nSPS) is 23.9. The fourth-order valence-corrected chi connectivity index (χ4v) is 2.45. The molecule has 18 heavy (non-hydrogen) atoms. The van der Waals surface area contributed by atoms with E-state index in [0.717, 1.165) is 19.3 Å². The second kappa shape index (κ2) is 5.42. The van der Waals surface area contributed by atoms with E-state index in [9.17, 15) is 4.79 Å². The molecule has 2 rings (SSSR count). The van der Waals surface area contributed by atoms with Gasteiger partial charge in [-0.2, -0.15) is 5.10 Å². The van der Waals surface area contributed by atoms with Crippen molar-refractivity contribution in [3.05, 3.63) is 11.9 Å². The zero-order chi connectivity index (χ0) is 13.1. The third kappa shape index (κ3) is 2.83. The minimum atomic E-state index is -0.390. The van der Waals surface area contributed by atoms with Gasteiger partial charge in [0.1, 0.15) is 6.10 Å². The second-order valence-corrected chi connectivity index (χ2v) is 5.09. The highest BCUT2D eigenvalue weighted by molar-refractivity contribution is 5.92. The molecule has 0 amide bonds. The molecule has 2 atom stereocenters. The largest absolute Gasteiger partial charge is 0.458 e. The van der Waals surface area contributed by atoms with E-state index in [0.29, 0.717) is 18.2 Å². The van der Waals surface area contributed by atoms with Crippen LogP contribution in [0.2, 0.25) is 0 Å². The van der Waals surface area contributed by atoms with Crippen molar-refractivity contribution in [3.63, 3.8) is 0 Å². The average Bonchev–Trinajstić information content (AvgIpc) is 2.70. The van der Waals surface area contributed by atoms with Gasteiger partial charge in [0, 0.05) is 12.7 Å². The monoisotopic (exact) mass is 251 g/mol. The summed E-state index contributed by atoms with van der Waals surface area (Å²) in [5.41, 5.74) is 6.41. The Hall–Kier alpha value is -1.52. The van der Waals surface area contributed by atoms with Gasteiger partial charge in [0.15, 0.2) is 5.69 Å². The molecule has 0 spiro atoms. The number of nitrogen functional groups attached to an aromatic ring is 1. The van der Waals surface area contributed by atoms with Gasteiger partial charge in [0.2, 0.25) is 0 Å². The molecule has 5 heteroatoms. The second-order valence-electron chi connectivity index (χ2n) is 5.09. The molecule has 5 nitrogen and oxygen atoms in total. The van der Waals surface area contributed by atoms with E-state index in [-0.39, 0.29) is 17.8 Å². The van der Waals surface area contributed by atoms with Gasteiger partial charge in [0.05, 0.1) is 5.69 Å². The van der Waals surface area contributed by atoms with Gasteiger partial charge in [-0.05, 0) is 32.1 Å². The fraction of sp³-hybridized carbons (Fsp3) is 0.692. The zero-order valence-electron chi connectivity index (χ0n) is 11.1. The van der Waals surface area contributed by atoms with Crippen molar-refractivity contribution in [2.75, 3.05) is 5.73 Å². The summed E-state index contributed by atoms with van der Waals surface area (Å²) < 4.78 is 7.14. The molecule has 2 N–H and O–H groups in total. The van der Waals surface area contributed by atoms with Crippen LogP contribution in [-0.4, -0.2) is 21.9 Å². The lowest BCUT2D eigenvalue weighted by molar-refractivity contribution is 0.0149. The highest BCUT2D eigenvalue weighted by Crippen LogP contribution is 2.26. The van der Waals surface area contributed by atoms with Gasteiger partial charge in [-0.25, -0.2) is 4.79 Å². The van der Waals surface area contributed by atoms with E-state index in [4.69, 9.17) is 10.5 Å². The Kier molecular flexibility index (Phi) is 3.89. The highest BCUT2D eigenvalue weighted by Gasteiger charge is 2.25. The molecule has 1 heterocycles. The van der Waals surface area contributed by atoms with Crippen molar-refractivity contribution in [1.82, 2.24) is 9.78 Å². The van der Waals surface area contributed by atoms with Crippen molar-refractivity contribution in [2.24, 2.45) is 5.92 Å². The van der Waals surface area contributed by atoms with Crippen LogP contribution in [0.4, 0.5) is 5.69 Å². The smallest absolute Gasteiger partial charge is 0.361 e. The Morgan fingerprint density at radius 1 is 1.61 bits per heavy atom. The summed E-state index contributed by atoms with van der Waals surface area (Å²) >= 11 is 0. The van der Waals surface area contributed by atoms with Crippen molar-refractivity contribution in [3.8, 4) is 0 Å². The summed E-state index contributed by atoms with van der Waals surface area (Å²) in [6, 6.07) is 0. The van der Waals surface area contributed by atoms with Crippen LogP contribution >= 0.6 is 0 Å². The summed E-state index contributed by atoms with van der Waals surface area (Å²) in [7, 11) is 0. The summed E-state index contributed by atoms with van der Waals surface area (Å²) in [5, 5.41) is 4.13. The Balaban J connectivity index is 2.00. The fourth-order valence-electron chi connectivity index (χ4n) is 2.45. The van der Waals surface area contributed by atoms with Crippen LogP contribution < -0.4 is 5.73 Å². The maximum Gasteiger partial charge on any atom is 0.361 e. The number of nitrogens with zero attached hydrogens (tertiary/aromatic N) is 2. The van der Waals surface area contributed by atoms with Crippen LogP contribution in [0.3, 0.4) is 0 Å². The number of rotatable bonds is 3. The maximum atomic E-state index is 12.0. The van der Waals surface area contributed by atoms with Gasteiger partial charge >= 0.3 is 5.97 Å². The maximum absolute atomic E-state index is 12.0. The lowest BCUT2D eigenvalue weighted by Crippen LogP contribution is -2.25. The molecule has 0 radical (unpaired) electrons. The molecule has 1 aliphatic carbocycles. The molecular weight excluding hydrogens is 230 g/mol. The number of carbonyl (C=O) groups is 1. The number of aryl methyl sites for hydroxylation is 1. The molecule has 0 saturated heterocycles. The van der Waals surface area contributed by atoms with Crippen molar-refractivity contribution < 1.29 is 9.53 Å². The molecular formula is C13H21N3O2. The molecule has 2 unspecified atom stereocenters. The molecule has 1 fully saturated rings. The van der Waals surface area contributed by atoms with Crippen molar-refractivity contribution in [1.29, 1.82) is 0 Å². The van der Waals surface area contributed by atoms with Crippen LogP contribution in [0.5, 0.6) is 0 Å². The summed E-state index contributed by atoms with van der Waals surface area (Å²) in [6.07, 6.45) is 5.93.